The number of hydrogen-bond acceptors (Lipinski definition) is 1. The van der Waals surface area contributed by atoms with Crippen LogP contribution in [-0.2, 0) is 0 Å². The average Bonchev–Trinajstić information content (AvgIpc) is 2.91. The molecule has 0 aliphatic rings. The lowest BCUT2D eigenvalue weighted by Gasteiger charge is -2.16. The first-order chi connectivity index (χ1) is 18.3. The highest BCUT2D eigenvalue weighted by atomic mass is 14.9. The number of rotatable bonds is 33. The molecule has 1 nitrogen and oxygen atoms in total. The highest BCUT2D eigenvalue weighted by Crippen LogP contribution is 2.17. The van der Waals surface area contributed by atoms with Crippen LogP contribution in [0.1, 0.15) is 219 Å². The molecule has 0 radical (unpaired) electrons. The molecule has 0 aliphatic carbocycles. The molecule has 0 rings (SSSR count). The lowest BCUT2D eigenvalue weighted by atomic mass is 9.99. The fourth-order valence-corrected chi connectivity index (χ4v) is 5.96. The Morgan fingerprint density at radius 1 is 0.297 bits per heavy atom. The largest absolute Gasteiger partial charge is 0.317 e. The third-order valence-electron chi connectivity index (χ3n) is 8.72. The molecule has 0 amide bonds. The van der Waals surface area contributed by atoms with Crippen LogP contribution in [0.15, 0.2) is 0 Å². The standard InChI is InChI=1S/C36H75N/c1-4-6-8-10-12-14-16-18-20-22-24-26-28-30-32-34-36(37-3)35-33-31-29-27-25-23-21-19-17-15-13-11-9-7-5-2/h36-37H,4-35H2,1-3H3. The maximum atomic E-state index is 3.60. The summed E-state index contributed by atoms with van der Waals surface area (Å²) in [5.41, 5.74) is 0. The third kappa shape index (κ3) is 32.1. The van der Waals surface area contributed by atoms with Crippen molar-refractivity contribution >= 4 is 0 Å². The van der Waals surface area contributed by atoms with Crippen molar-refractivity contribution < 1.29 is 0 Å². The average molecular weight is 522 g/mol. The topological polar surface area (TPSA) is 12.0 Å². The van der Waals surface area contributed by atoms with Crippen molar-refractivity contribution in [3.05, 3.63) is 0 Å². The fourth-order valence-electron chi connectivity index (χ4n) is 5.96. The number of hydrogen-bond donors (Lipinski definition) is 1. The van der Waals surface area contributed by atoms with Crippen LogP contribution in [0.4, 0.5) is 0 Å². The zero-order valence-electron chi connectivity index (χ0n) is 26.7. The molecular formula is C36H75N. The van der Waals surface area contributed by atoms with Gasteiger partial charge < -0.3 is 5.32 Å². The molecule has 0 atom stereocenters. The van der Waals surface area contributed by atoms with Crippen molar-refractivity contribution in [3.63, 3.8) is 0 Å². The minimum absolute atomic E-state index is 0.768. The van der Waals surface area contributed by atoms with Crippen LogP contribution < -0.4 is 5.32 Å². The van der Waals surface area contributed by atoms with Crippen molar-refractivity contribution in [1.29, 1.82) is 0 Å². The molecule has 0 saturated carbocycles. The summed E-state index contributed by atoms with van der Waals surface area (Å²) in [7, 11) is 2.18. The van der Waals surface area contributed by atoms with Gasteiger partial charge in [-0.25, -0.2) is 0 Å². The third-order valence-corrected chi connectivity index (χ3v) is 8.72. The summed E-state index contributed by atoms with van der Waals surface area (Å²) in [5, 5.41) is 3.60. The van der Waals surface area contributed by atoms with Crippen molar-refractivity contribution in [2.24, 2.45) is 0 Å². The van der Waals surface area contributed by atoms with Crippen molar-refractivity contribution in [1.82, 2.24) is 5.32 Å². The molecule has 0 aromatic carbocycles. The Labute approximate surface area is 237 Å². The van der Waals surface area contributed by atoms with E-state index in [0.29, 0.717) is 0 Å². The maximum Gasteiger partial charge on any atom is 0.00640 e. The zero-order valence-corrected chi connectivity index (χ0v) is 26.7. The molecule has 0 spiro atoms. The van der Waals surface area contributed by atoms with Gasteiger partial charge in [-0.2, -0.15) is 0 Å². The minimum Gasteiger partial charge on any atom is -0.317 e. The maximum absolute atomic E-state index is 3.60. The Morgan fingerprint density at radius 2 is 0.486 bits per heavy atom. The first-order valence-electron chi connectivity index (χ1n) is 18.0. The summed E-state index contributed by atoms with van der Waals surface area (Å²) in [6, 6.07) is 0.768. The van der Waals surface area contributed by atoms with Crippen LogP contribution in [0.3, 0.4) is 0 Å². The molecule has 1 heteroatoms. The molecule has 0 unspecified atom stereocenters. The van der Waals surface area contributed by atoms with Crippen LogP contribution in [0, 0.1) is 0 Å². The van der Waals surface area contributed by atoms with Gasteiger partial charge in [0, 0.05) is 6.04 Å². The van der Waals surface area contributed by atoms with Crippen molar-refractivity contribution in [2.45, 2.75) is 225 Å². The zero-order chi connectivity index (χ0) is 26.9. The lowest BCUT2D eigenvalue weighted by molar-refractivity contribution is 0.434. The van der Waals surface area contributed by atoms with Gasteiger partial charge in [0.25, 0.3) is 0 Å². The quantitative estimate of drug-likeness (QED) is 0.0846. The highest BCUT2D eigenvalue weighted by molar-refractivity contribution is 4.65. The fraction of sp³-hybridized carbons (Fsp3) is 1.00. The van der Waals surface area contributed by atoms with E-state index in [1.165, 1.54) is 205 Å². The molecule has 0 saturated heterocycles. The van der Waals surface area contributed by atoms with Gasteiger partial charge in [0.05, 0.1) is 0 Å². The van der Waals surface area contributed by atoms with Gasteiger partial charge >= 0.3 is 0 Å². The van der Waals surface area contributed by atoms with Crippen LogP contribution in [0.25, 0.3) is 0 Å². The Bertz CT molecular complexity index is 345. The Morgan fingerprint density at radius 3 is 0.676 bits per heavy atom. The predicted octanol–water partition coefficient (Wildman–Crippen LogP) is 13.1. The van der Waals surface area contributed by atoms with Gasteiger partial charge in [-0.05, 0) is 19.9 Å². The van der Waals surface area contributed by atoms with Gasteiger partial charge in [-0.3, -0.25) is 0 Å². The van der Waals surface area contributed by atoms with E-state index in [-0.39, 0.29) is 0 Å². The minimum atomic E-state index is 0.768. The molecule has 0 aromatic rings. The van der Waals surface area contributed by atoms with Gasteiger partial charge in [-0.1, -0.05) is 206 Å². The summed E-state index contributed by atoms with van der Waals surface area (Å²) < 4.78 is 0. The molecule has 0 fully saturated rings. The molecule has 0 aliphatic heterocycles. The summed E-state index contributed by atoms with van der Waals surface area (Å²) in [5.74, 6) is 0. The summed E-state index contributed by atoms with van der Waals surface area (Å²) in [6.07, 6.45) is 46.7. The van der Waals surface area contributed by atoms with E-state index in [9.17, 15) is 0 Å². The monoisotopic (exact) mass is 522 g/mol. The van der Waals surface area contributed by atoms with Gasteiger partial charge in [0.15, 0.2) is 0 Å². The second-order valence-electron chi connectivity index (χ2n) is 12.5. The second kappa shape index (κ2) is 34.0. The predicted molar refractivity (Wildman–Crippen MR) is 172 cm³/mol. The van der Waals surface area contributed by atoms with Gasteiger partial charge in [0.1, 0.15) is 0 Å². The van der Waals surface area contributed by atoms with Crippen LogP contribution in [0.5, 0.6) is 0 Å². The lowest BCUT2D eigenvalue weighted by Crippen LogP contribution is -2.24. The second-order valence-corrected chi connectivity index (χ2v) is 12.5. The van der Waals surface area contributed by atoms with Crippen LogP contribution >= 0.6 is 0 Å². The van der Waals surface area contributed by atoms with E-state index in [4.69, 9.17) is 0 Å². The molecule has 0 heterocycles. The van der Waals surface area contributed by atoms with Crippen LogP contribution in [0.2, 0.25) is 0 Å². The first-order valence-corrected chi connectivity index (χ1v) is 18.0. The normalized spacial score (nSPS) is 11.7. The molecule has 0 bridgehead atoms. The van der Waals surface area contributed by atoms with E-state index < -0.39 is 0 Å². The molecular weight excluding hydrogens is 446 g/mol. The van der Waals surface area contributed by atoms with E-state index in [1.807, 2.05) is 0 Å². The van der Waals surface area contributed by atoms with Crippen LogP contribution in [-0.4, -0.2) is 13.1 Å². The molecule has 1 N–H and O–H groups in total. The highest BCUT2D eigenvalue weighted by Gasteiger charge is 2.05. The van der Waals surface area contributed by atoms with E-state index in [1.54, 1.807) is 0 Å². The summed E-state index contributed by atoms with van der Waals surface area (Å²) in [4.78, 5) is 0. The molecule has 37 heavy (non-hydrogen) atoms. The summed E-state index contributed by atoms with van der Waals surface area (Å²) >= 11 is 0. The van der Waals surface area contributed by atoms with E-state index in [0.717, 1.165) is 6.04 Å². The Hall–Kier alpha value is -0.0400. The Kier molecular flexibility index (Phi) is 34.0. The number of unbranched alkanes of at least 4 members (excludes halogenated alkanes) is 28. The van der Waals surface area contributed by atoms with E-state index in [2.05, 4.69) is 26.2 Å². The smallest absolute Gasteiger partial charge is 0.00640 e. The van der Waals surface area contributed by atoms with Crippen molar-refractivity contribution in [3.8, 4) is 0 Å². The SMILES string of the molecule is CCCCCCCCCCCCCCCCCC(CCCCCCCCCCCCCCCCC)NC. The van der Waals surface area contributed by atoms with E-state index >= 15 is 0 Å². The first kappa shape index (κ1) is 37.0. The molecule has 0 aromatic heterocycles. The molecule has 224 valence electrons. The van der Waals surface area contributed by atoms with Gasteiger partial charge in [-0.15, -0.1) is 0 Å². The summed E-state index contributed by atoms with van der Waals surface area (Å²) in [6.45, 7) is 4.61. The number of nitrogens with one attached hydrogen (secondary N) is 1. The van der Waals surface area contributed by atoms with Gasteiger partial charge in [0.2, 0.25) is 0 Å². The Balaban J connectivity index is 3.25. The van der Waals surface area contributed by atoms with Crippen molar-refractivity contribution in [2.75, 3.05) is 7.05 Å².